The molecule has 0 heterocycles. The van der Waals surface area contributed by atoms with Crippen molar-refractivity contribution >= 4 is 23.6 Å². The van der Waals surface area contributed by atoms with Gasteiger partial charge in [-0.2, -0.15) is 0 Å². The molecule has 0 saturated heterocycles. The summed E-state index contributed by atoms with van der Waals surface area (Å²) in [6.07, 6.45) is 10.2. The van der Waals surface area contributed by atoms with Gasteiger partial charge < -0.3 is 10.6 Å². The van der Waals surface area contributed by atoms with Crippen LogP contribution < -0.4 is 10.6 Å². The van der Waals surface area contributed by atoms with Crippen molar-refractivity contribution in [3.05, 3.63) is 0 Å². The Kier molecular flexibility index (Phi) is 4.57. The lowest BCUT2D eigenvalue weighted by molar-refractivity contribution is -0.120. The van der Waals surface area contributed by atoms with E-state index in [0.717, 1.165) is 23.7 Å². The number of amides is 2. The minimum atomic E-state index is 0.111. The predicted octanol–water partition coefficient (Wildman–Crippen LogP) is 2.33. The summed E-state index contributed by atoms with van der Waals surface area (Å²) >= 11 is 1.45. The quantitative estimate of drug-likeness (QED) is 0.783. The molecule has 2 amide bonds. The van der Waals surface area contributed by atoms with Crippen LogP contribution >= 0.6 is 11.8 Å². The Morgan fingerprint density at radius 1 is 0.739 bits per heavy atom. The van der Waals surface area contributed by atoms with Gasteiger partial charge in [-0.15, -0.1) is 11.8 Å². The van der Waals surface area contributed by atoms with Crippen LogP contribution in [0.25, 0.3) is 0 Å². The van der Waals surface area contributed by atoms with Crippen molar-refractivity contribution in [1.82, 2.24) is 10.6 Å². The predicted molar refractivity (Wildman–Crippen MR) is 92.1 cm³/mol. The SMILES string of the molecule is O=C(CSCC(=O)N[C@@H]1C[C@H]2CC[C@H]1C2)N[C@H]1C[C@H]2CC[C@H]1C2. The summed E-state index contributed by atoms with van der Waals surface area (Å²) in [7, 11) is 0. The molecule has 4 aliphatic rings. The molecule has 4 nitrogen and oxygen atoms in total. The molecular formula is C18H28N2O2S. The number of carbonyl (C=O) groups is 2. The van der Waals surface area contributed by atoms with Gasteiger partial charge in [-0.3, -0.25) is 9.59 Å². The Morgan fingerprint density at radius 3 is 1.57 bits per heavy atom. The van der Waals surface area contributed by atoms with Gasteiger partial charge >= 0.3 is 0 Å². The van der Waals surface area contributed by atoms with Crippen molar-refractivity contribution in [1.29, 1.82) is 0 Å². The van der Waals surface area contributed by atoms with Crippen molar-refractivity contribution in [3.8, 4) is 0 Å². The van der Waals surface area contributed by atoms with Gasteiger partial charge in [-0.25, -0.2) is 0 Å². The van der Waals surface area contributed by atoms with E-state index in [-0.39, 0.29) is 11.8 Å². The number of thioether (sulfide) groups is 1. The fourth-order valence-corrected chi connectivity index (χ4v) is 6.22. The minimum Gasteiger partial charge on any atom is -0.352 e. The Morgan fingerprint density at radius 2 is 1.22 bits per heavy atom. The highest BCUT2D eigenvalue weighted by molar-refractivity contribution is 8.00. The highest BCUT2D eigenvalue weighted by Gasteiger charge is 2.41. The van der Waals surface area contributed by atoms with Crippen molar-refractivity contribution in [2.24, 2.45) is 23.7 Å². The maximum Gasteiger partial charge on any atom is 0.230 e. The third kappa shape index (κ3) is 3.54. The first-order chi connectivity index (χ1) is 11.2. The molecule has 6 atom stereocenters. The zero-order valence-corrected chi connectivity index (χ0v) is 14.6. The Labute approximate surface area is 142 Å². The van der Waals surface area contributed by atoms with E-state index in [2.05, 4.69) is 10.6 Å². The van der Waals surface area contributed by atoms with Gasteiger partial charge in [0.1, 0.15) is 0 Å². The summed E-state index contributed by atoms with van der Waals surface area (Å²) in [6, 6.07) is 0.814. The van der Waals surface area contributed by atoms with Crippen LogP contribution in [0.15, 0.2) is 0 Å². The summed E-state index contributed by atoms with van der Waals surface area (Å²) < 4.78 is 0. The largest absolute Gasteiger partial charge is 0.352 e. The molecule has 0 radical (unpaired) electrons. The normalized spacial score (nSPS) is 40.5. The molecule has 0 spiro atoms. The molecule has 0 aromatic carbocycles. The summed E-state index contributed by atoms with van der Waals surface area (Å²) in [5, 5.41) is 6.38. The van der Waals surface area contributed by atoms with E-state index in [0.29, 0.717) is 23.6 Å². The minimum absolute atomic E-state index is 0.111. The van der Waals surface area contributed by atoms with Gasteiger partial charge in [0, 0.05) is 12.1 Å². The number of nitrogens with one attached hydrogen (secondary N) is 2. The van der Waals surface area contributed by atoms with E-state index in [1.807, 2.05) is 0 Å². The summed E-state index contributed by atoms with van der Waals surface area (Å²) in [4.78, 5) is 24.1. The van der Waals surface area contributed by atoms with Crippen LogP contribution in [0, 0.1) is 23.7 Å². The zero-order valence-electron chi connectivity index (χ0n) is 13.8. The molecule has 0 aromatic rings. The van der Waals surface area contributed by atoms with Crippen molar-refractivity contribution in [3.63, 3.8) is 0 Å². The van der Waals surface area contributed by atoms with Crippen molar-refractivity contribution in [2.45, 2.75) is 63.5 Å². The monoisotopic (exact) mass is 336 g/mol. The van der Waals surface area contributed by atoms with E-state index in [4.69, 9.17) is 0 Å². The van der Waals surface area contributed by atoms with E-state index >= 15 is 0 Å². The van der Waals surface area contributed by atoms with Gasteiger partial charge in [-0.05, 0) is 62.2 Å². The van der Waals surface area contributed by atoms with Crippen molar-refractivity contribution < 1.29 is 9.59 Å². The van der Waals surface area contributed by atoms with Crippen LogP contribution in [0.4, 0.5) is 0 Å². The molecule has 23 heavy (non-hydrogen) atoms. The molecule has 4 aliphatic carbocycles. The average Bonchev–Trinajstić information content (AvgIpc) is 3.28. The average molecular weight is 337 g/mol. The lowest BCUT2D eigenvalue weighted by Gasteiger charge is -2.23. The number of rotatable bonds is 6. The molecule has 2 N–H and O–H groups in total. The molecular weight excluding hydrogens is 308 g/mol. The number of hydrogen-bond donors (Lipinski definition) is 2. The molecule has 4 bridgehead atoms. The number of fused-ring (bicyclic) bond motifs is 4. The second kappa shape index (κ2) is 6.66. The van der Waals surface area contributed by atoms with Crippen molar-refractivity contribution in [2.75, 3.05) is 11.5 Å². The first-order valence-corrected chi connectivity index (χ1v) is 10.5. The Hall–Kier alpha value is -0.710. The number of hydrogen-bond acceptors (Lipinski definition) is 3. The van der Waals surface area contributed by atoms with Gasteiger partial charge in [-0.1, -0.05) is 12.8 Å². The Bertz CT molecular complexity index is 442. The first-order valence-electron chi connectivity index (χ1n) is 9.34. The molecule has 4 rings (SSSR count). The fourth-order valence-electron chi connectivity index (χ4n) is 5.58. The zero-order chi connectivity index (χ0) is 15.8. The van der Waals surface area contributed by atoms with Gasteiger partial charge in [0.15, 0.2) is 0 Å². The van der Waals surface area contributed by atoms with Crippen LogP contribution in [0.3, 0.4) is 0 Å². The fraction of sp³-hybridized carbons (Fsp3) is 0.889. The molecule has 5 heteroatoms. The van der Waals surface area contributed by atoms with Gasteiger partial charge in [0.2, 0.25) is 11.8 Å². The second-order valence-electron chi connectivity index (χ2n) is 8.19. The lowest BCUT2D eigenvalue weighted by atomic mass is 9.95. The van der Waals surface area contributed by atoms with Crippen LogP contribution in [-0.4, -0.2) is 35.4 Å². The maximum atomic E-state index is 12.0. The molecule has 0 aromatic heterocycles. The number of carbonyl (C=O) groups excluding carboxylic acids is 2. The highest BCUT2D eigenvalue weighted by atomic mass is 32.2. The summed E-state index contributed by atoms with van der Waals surface area (Å²) in [5.74, 6) is 4.19. The van der Waals surface area contributed by atoms with Gasteiger partial charge in [0.05, 0.1) is 11.5 Å². The van der Waals surface area contributed by atoms with Crippen LogP contribution in [-0.2, 0) is 9.59 Å². The molecule has 4 saturated carbocycles. The van der Waals surface area contributed by atoms with E-state index < -0.39 is 0 Å². The van der Waals surface area contributed by atoms with Crippen LogP contribution in [0.5, 0.6) is 0 Å². The molecule has 4 fully saturated rings. The van der Waals surface area contributed by atoms with E-state index in [1.165, 1.54) is 63.1 Å². The second-order valence-corrected chi connectivity index (χ2v) is 9.18. The van der Waals surface area contributed by atoms with E-state index in [1.54, 1.807) is 0 Å². The van der Waals surface area contributed by atoms with Crippen LogP contribution in [0.1, 0.15) is 51.4 Å². The topological polar surface area (TPSA) is 58.2 Å². The van der Waals surface area contributed by atoms with Gasteiger partial charge in [0.25, 0.3) is 0 Å². The third-order valence-corrected chi connectivity index (χ3v) is 7.57. The standard InChI is InChI=1S/C18H28N2O2S/c21-17(19-15-7-11-1-3-13(15)5-11)9-23-10-18(22)20-16-8-12-2-4-14(16)6-12/h11-16H,1-10H2,(H,19,21)(H,20,22)/t11-,12-,13-,14-,15-,16+/m0/s1. The maximum absolute atomic E-state index is 12.0. The molecule has 128 valence electrons. The first kappa shape index (κ1) is 15.8. The van der Waals surface area contributed by atoms with Crippen LogP contribution in [0.2, 0.25) is 0 Å². The summed E-state index contributed by atoms with van der Waals surface area (Å²) in [5.41, 5.74) is 0. The highest BCUT2D eigenvalue weighted by Crippen LogP contribution is 2.45. The lowest BCUT2D eigenvalue weighted by Crippen LogP contribution is -2.41. The molecule has 0 aliphatic heterocycles. The third-order valence-electron chi connectivity index (χ3n) is 6.64. The Balaban J connectivity index is 1.11. The molecule has 0 unspecified atom stereocenters. The van der Waals surface area contributed by atoms with E-state index in [9.17, 15) is 9.59 Å². The summed E-state index contributed by atoms with van der Waals surface area (Å²) in [6.45, 7) is 0. The smallest absolute Gasteiger partial charge is 0.230 e.